The second kappa shape index (κ2) is 5.07. The molecule has 0 spiro atoms. The molecule has 0 aromatic heterocycles. The van der Waals surface area contributed by atoms with Crippen LogP contribution < -0.4 is 15.2 Å². The van der Waals surface area contributed by atoms with Gasteiger partial charge in [-0.25, -0.2) is 0 Å². The van der Waals surface area contributed by atoms with Gasteiger partial charge in [0.05, 0.1) is 7.11 Å². The quantitative estimate of drug-likeness (QED) is 0.869. The fourth-order valence-corrected chi connectivity index (χ4v) is 1.24. The van der Waals surface area contributed by atoms with E-state index in [2.05, 4.69) is 4.74 Å². The Bertz CT molecular complexity index is 352. The zero-order chi connectivity index (χ0) is 12.2. The average molecular weight is 235 g/mol. The van der Waals surface area contributed by atoms with Crippen molar-refractivity contribution >= 4 is 0 Å². The number of methoxy groups -OCH3 is 1. The minimum Gasteiger partial charge on any atom is -0.493 e. The molecule has 0 aliphatic carbocycles. The van der Waals surface area contributed by atoms with E-state index in [0.717, 1.165) is 5.56 Å². The maximum absolute atomic E-state index is 12.0. The molecule has 0 aliphatic heterocycles. The molecule has 3 nitrogen and oxygen atoms in total. The van der Waals surface area contributed by atoms with Crippen LogP contribution in [-0.4, -0.2) is 20.0 Å². The summed E-state index contributed by atoms with van der Waals surface area (Å²) in [6, 6.07) is 4.22. The SMILES string of the molecule is COc1cc(CCN)ccc1OC(F)(F)F. The van der Waals surface area contributed by atoms with Gasteiger partial charge >= 0.3 is 6.36 Å². The number of alkyl halides is 3. The lowest BCUT2D eigenvalue weighted by Gasteiger charge is -2.13. The highest BCUT2D eigenvalue weighted by atomic mass is 19.4. The van der Waals surface area contributed by atoms with Crippen LogP contribution in [0.15, 0.2) is 18.2 Å². The number of hydrogen-bond donors (Lipinski definition) is 1. The van der Waals surface area contributed by atoms with Gasteiger partial charge in [-0.05, 0) is 30.7 Å². The van der Waals surface area contributed by atoms with Gasteiger partial charge in [0.2, 0.25) is 0 Å². The largest absolute Gasteiger partial charge is 0.573 e. The first-order chi connectivity index (χ1) is 7.46. The highest BCUT2D eigenvalue weighted by Gasteiger charge is 2.32. The van der Waals surface area contributed by atoms with Crippen molar-refractivity contribution in [2.24, 2.45) is 5.73 Å². The molecule has 1 aromatic carbocycles. The summed E-state index contributed by atoms with van der Waals surface area (Å²) in [5, 5.41) is 0. The van der Waals surface area contributed by atoms with Gasteiger partial charge in [0.1, 0.15) is 0 Å². The topological polar surface area (TPSA) is 44.5 Å². The Morgan fingerprint density at radius 2 is 1.94 bits per heavy atom. The Hall–Kier alpha value is -1.43. The van der Waals surface area contributed by atoms with E-state index in [1.165, 1.54) is 25.3 Å². The van der Waals surface area contributed by atoms with Crippen LogP contribution in [-0.2, 0) is 6.42 Å². The Morgan fingerprint density at radius 1 is 1.25 bits per heavy atom. The Morgan fingerprint density at radius 3 is 2.44 bits per heavy atom. The molecule has 0 unspecified atom stereocenters. The van der Waals surface area contributed by atoms with Crippen LogP contribution in [0.1, 0.15) is 5.56 Å². The molecule has 1 rings (SSSR count). The number of benzene rings is 1. The van der Waals surface area contributed by atoms with E-state index in [1.54, 1.807) is 0 Å². The van der Waals surface area contributed by atoms with Crippen molar-refractivity contribution in [1.29, 1.82) is 0 Å². The molecule has 0 fully saturated rings. The van der Waals surface area contributed by atoms with Gasteiger partial charge in [0.15, 0.2) is 11.5 Å². The minimum absolute atomic E-state index is 0.0447. The van der Waals surface area contributed by atoms with Crippen LogP contribution in [0.5, 0.6) is 11.5 Å². The second-order valence-electron chi connectivity index (χ2n) is 3.07. The fraction of sp³-hybridized carbons (Fsp3) is 0.400. The van der Waals surface area contributed by atoms with Crippen LogP contribution in [0.3, 0.4) is 0 Å². The molecular formula is C10H12F3NO2. The normalized spacial score (nSPS) is 11.3. The molecule has 0 aliphatic rings. The van der Waals surface area contributed by atoms with Gasteiger partial charge in [-0.1, -0.05) is 6.07 Å². The Kier molecular flexibility index (Phi) is 4.00. The van der Waals surface area contributed by atoms with Gasteiger partial charge in [0, 0.05) is 0 Å². The third-order valence-electron chi connectivity index (χ3n) is 1.89. The smallest absolute Gasteiger partial charge is 0.493 e. The lowest BCUT2D eigenvalue weighted by Crippen LogP contribution is -2.17. The maximum atomic E-state index is 12.0. The molecule has 0 amide bonds. The highest BCUT2D eigenvalue weighted by Crippen LogP contribution is 2.32. The Labute approximate surface area is 91.0 Å². The summed E-state index contributed by atoms with van der Waals surface area (Å²) < 4.78 is 44.6. The van der Waals surface area contributed by atoms with Gasteiger partial charge < -0.3 is 15.2 Å². The molecule has 0 heterocycles. The number of rotatable bonds is 4. The van der Waals surface area contributed by atoms with E-state index in [-0.39, 0.29) is 11.5 Å². The average Bonchev–Trinajstić information content (AvgIpc) is 2.18. The minimum atomic E-state index is -4.72. The maximum Gasteiger partial charge on any atom is 0.573 e. The van der Waals surface area contributed by atoms with Crippen LogP contribution in [0, 0.1) is 0 Å². The number of hydrogen-bond acceptors (Lipinski definition) is 3. The van der Waals surface area contributed by atoms with E-state index in [1.807, 2.05) is 0 Å². The van der Waals surface area contributed by atoms with Crippen molar-refractivity contribution in [3.8, 4) is 11.5 Å². The summed E-state index contributed by atoms with van der Waals surface area (Å²) in [5.74, 6) is -0.306. The number of nitrogens with two attached hydrogens (primary N) is 1. The molecule has 90 valence electrons. The van der Waals surface area contributed by atoms with E-state index in [0.29, 0.717) is 13.0 Å². The van der Waals surface area contributed by atoms with Crippen LogP contribution in [0.4, 0.5) is 13.2 Å². The molecular weight excluding hydrogens is 223 g/mol. The predicted molar refractivity (Wildman–Crippen MR) is 52.4 cm³/mol. The fourth-order valence-electron chi connectivity index (χ4n) is 1.24. The standard InChI is InChI=1S/C10H12F3NO2/c1-15-9-6-7(4-5-14)2-3-8(9)16-10(11,12)13/h2-3,6H,4-5,14H2,1H3. The third kappa shape index (κ3) is 3.62. The van der Waals surface area contributed by atoms with Crippen LogP contribution in [0.2, 0.25) is 0 Å². The zero-order valence-corrected chi connectivity index (χ0v) is 8.67. The molecule has 0 bridgehead atoms. The molecule has 0 radical (unpaired) electrons. The first-order valence-corrected chi connectivity index (χ1v) is 4.59. The van der Waals surface area contributed by atoms with Crippen molar-refractivity contribution in [1.82, 2.24) is 0 Å². The van der Waals surface area contributed by atoms with Gasteiger partial charge in [-0.2, -0.15) is 0 Å². The van der Waals surface area contributed by atoms with E-state index in [4.69, 9.17) is 10.5 Å². The zero-order valence-electron chi connectivity index (χ0n) is 8.67. The lowest BCUT2D eigenvalue weighted by molar-refractivity contribution is -0.275. The molecule has 1 aromatic rings. The van der Waals surface area contributed by atoms with Crippen molar-refractivity contribution in [3.05, 3.63) is 23.8 Å². The summed E-state index contributed by atoms with van der Waals surface area (Å²) in [7, 11) is 1.28. The van der Waals surface area contributed by atoms with Crippen molar-refractivity contribution in [2.45, 2.75) is 12.8 Å². The third-order valence-corrected chi connectivity index (χ3v) is 1.89. The molecule has 0 saturated heterocycles. The first-order valence-electron chi connectivity index (χ1n) is 4.59. The summed E-state index contributed by atoms with van der Waals surface area (Å²) in [6.45, 7) is 0.419. The monoisotopic (exact) mass is 235 g/mol. The number of ether oxygens (including phenoxy) is 2. The molecule has 6 heteroatoms. The number of halogens is 3. The predicted octanol–water partition coefficient (Wildman–Crippen LogP) is 2.09. The van der Waals surface area contributed by atoms with Crippen molar-refractivity contribution in [3.63, 3.8) is 0 Å². The summed E-state index contributed by atoms with van der Waals surface area (Å²) in [5.41, 5.74) is 6.14. The molecule has 2 N–H and O–H groups in total. The van der Waals surface area contributed by atoms with Gasteiger partial charge in [0.25, 0.3) is 0 Å². The Balaban J connectivity index is 2.93. The van der Waals surface area contributed by atoms with Crippen LogP contribution >= 0.6 is 0 Å². The van der Waals surface area contributed by atoms with Crippen LogP contribution in [0.25, 0.3) is 0 Å². The van der Waals surface area contributed by atoms with Crippen molar-refractivity contribution in [2.75, 3.05) is 13.7 Å². The van der Waals surface area contributed by atoms with Crippen molar-refractivity contribution < 1.29 is 22.6 Å². The molecule has 0 atom stereocenters. The molecule has 0 saturated carbocycles. The van der Waals surface area contributed by atoms with Gasteiger partial charge in [-0.3, -0.25) is 0 Å². The second-order valence-corrected chi connectivity index (χ2v) is 3.07. The summed E-state index contributed by atoms with van der Waals surface area (Å²) in [4.78, 5) is 0. The lowest BCUT2D eigenvalue weighted by atomic mass is 10.1. The molecule has 16 heavy (non-hydrogen) atoms. The van der Waals surface area contributed by atoms with E-state index >= 15 is 0 Å². The van der Waals surface area contributed by atoms with E-state index < -0.39 is 6.36 Å². The van der Waals surface area contributed by atoms with E-state index in [9.17, 15) is 13.2 Å². The first kappa shape index (κ1) is 12.6. The summed E-state index contributed by atoms with van der Waals surface area (Å²) in [6.07, 6.45) is -4.15. The highest BCUT2D eigenvalue weighted by molar-refractivity contribution is 5.43. The summed E-state index contributed by atoms with van der Waals surface area (Å²) >= 11 is 0. The van der Waals surface area contributed by atoms with Gasteiger partial charge in [-0.15, -0.1) is 13.2 Å².